The molecule has 1 atom stereocenters. The van der Waals surface area contributed by atoms with Crippen LogP contribution < -0.4 is 15.5 Å². The van der Waals surface area contributed by atoms with Crippen LogP contribution in [0.5, 0.6) is 0 Å². The van der Waals surface area contributed by atoms with Crippen LogP contribution in [0.25, 0.3) is 0 Å². The highest BCUT2D eigenvalue weighted by atomic mass is 19.1. The van der Waals surface area contributed by atoms with Crippen molar-refractivity contribution in [3.05, 3.63) is 59.2 Å². The van der Waals surface area contributed by atoms with Crippen LogP contribution >= 0.6 is 0 Å². The number of benzene rings is 2. The van der Waals surface area contributed by atoms with Gasteiger partial charge < -0.3 is 15.5 Å². The summed E-state index contributed by atoms with van der Waals surface area (Å²) >= 11 is 0. The number of carbonyl (C=O) groups excluding carboxylic acids is 2. The number of halogens is 2. The molecule has 0 bridgehead atoms. The number of urea groups is 1. The SMILES string of the molecule is Cc1cc(N2CC[C@H](NC(=O)Nc3cccc(F)c3C)C2=O)ccc1F. The first-order valence-corrected chi connectivity index (χ1v) is 8.27. The van der Waals surface area contributed by atoms with Gasteiger partial charge in [0.15, 0.2) is 0 Å². The summed E-state index contributed by atoms with van der Waals surface area (Å²) in [4.78, 5) is 26.2. The van der Waals surface area contributed by atoms with Crippen LogP contribution in [0.3, 0.4) is 0 Å². The summed E-state index contributed by atoms with van der Waals surface area (Å²) in [6.45, 7) is 3.61. The van der Waals surface area contributed by atoms with E-state index in [-0.39, 0.29) is 11.7 Å². The number of aryl methyl sites for hydroxylation is 1. The molecular weight excluding hydrogens is 340 g/mol. The number of hydrogen-bond acceptors (Lipinski definition) is 2. The standard InChI is InChI=1S/C19H19F2N3O2/c1-11-10-13(6-7-14(11)20)24-9-8-17(18(24)25)23-19(26)22-16-5-3-4-15(21)12(16)2/h3-7,10,17H,8-9H2,1-2H3,(H2,22,23,26)/t17-/m0/s1. The molecule has 3 amide bonds. The molecule has 7 heteroatoms. The van der Waals surface area contributed by atoms with Crippen molar-refractivity contribution in [2.24, 2.45) is 0 Å². The van der Waals surface area contributed by atoms with E-state index in [2.05, 4.69) is 10.6 Å². The van der Waals surface area contributed by atoms with Gasteiger partial charge in [0.25, 0.3) is 0 Å². The minimum absolute atomic E-state index is 0.262. The topological polar surface area (TPSA) is 61.4 Å². The zero-order chi connectivity index (χ0) is 18.8. The molecule has 0 spiro atoms. The molecule has 1 heterocycles. The first-order valence-electron chi connectivity index (χ1n) is 8.27. The van der Waals surface area contributed by atoms with E-state index in [1.807, 2.05) is 0 Å². The summed E-state index contributed by atoms with van der Waals surface area (Å²) in [6, 6.07) is 7.59. The monoisotopic (exact) mass is 359 g/mol. The van der Waals surface area contributed by atoms with Crippen molar-refractivity contribution >= 4 is 23.3 Å². The largest absolute Gasteiger partial charge is 0.326 e. The van der Waals surface area contributed by atoms with E-state index in [9.17, 15) is 18.4 Å². The van der Waals surface area contributed by atoms with Crippen LogP contribution in [0.2, 0.25) is 0 Å². The summed E-state index contributed by atoms with van der Waals surface area (Å²) in [5.74, 6) is -1.01. The van der Waals surface area contributed by atoms with Gasteiger partial charge in [-0.3, -0.25) is 4.79 Å². The van der Waals surface area contributed by atoms with Crippen molar-refractivity contribution in [1.82, 2.24) is 5.32 Å². The summed E-state index contributed by atoms with van der Waals surface area (Å²) < 4.78 is 26.9. The molecule has 2 aromatic rings. The lowest BCUT2D eigenvalue weighted by atomic mass is 10.2. The van der Waals surface area contributed by atoms with Crippen LogP contribution in [0.4, 0.5) is 25.0 Å². The molecule has 26 heavy (non-hydrogen) atoms. The van der Waals surface area contributed by atoms with E-state index in [1.54, 1.807) is 32.0 Å². The molecule has 2 aromatic carbocycles. The molecule has 0 radical (unpaired) electrons. The van der Waals surface area contributed by atoms with Crippen LogP contribution in [0, 0.1) is 25.5 Å². The Bertz CT molecular complexity index is 870. The van der Waals surface area contributed by atoms with Crippen molar-refractivity contribution in [2.45, 2.75) is 26.3 Å². The average Bonchev–Trinajstić information content (AvgIpc) is 2.95. The molecule has 0 saturated carbocycles. The second-order valence-electron chi connectivity index (χ2n) is 6.28. The third-order valence-corrected chi connectivity index (χ3v) is 4.48. The number of nitrogens with zero attached hydrogens (tertiary/aromatic N) is 1. The van der Waals surface area contributed by atoms with E-state index in [1.165, 1.54) is 23.1 Å². The number of carbonyl (C=O) groups is 2. The van der Waals surface area contributed by atoms with Crippen LogP contribution in [0.1, 0.15) is 17.5 Å². The Morgan fingerprint density at radius 1 is 1.15 bits per heavy atom. The van der Waals surface area contributed by atoms with Gasteiger partial charge in [-0.2, -0.15) is 0 Å². The number of anilines is 2. The second kappa shape index (κ2) is 7.11. The predicted octanol–water partition coefficient (Wildman–Crippen LogP) is 3.51. The van der Waals surface area contributed by atoms with Gasteiger partial charge in [0.05, 0.1) is 0 Å². The van der Waals surface area contributed by atoms with Gasteiger partial charge in [0, 0.05) is 23.5 Å². The fraction of sp³-hybridized carbons (Fsp3) is 0.263. The lowest BCUT2D eigenvalue weighted by molar-refractivity contribution is -0.118. The number of nitrogens with one attached hydrogen (secondary N) is 2. The van der Waals surface area contributed by atoms with Crippen molar-refractivity contribution in [2.75, 3.05) is 16.8 Å². The molecule has 2 N–H and O–H groups in total. The first kappa shape index (κ1) is 17.8. The zero-order valence-electron chi connectivity index (χ0n) is 14.5. The summed E-state index contributed by atoms with van der Waals surface area (Å²) in [7, 11) is 0. The smallest absolute Gasteiger partial charge is 0.319 e. The molecule has 0 aromatic heterocycles. The van der Waals surface area contributed by atoms with Gasteiger partial charge in [-0.25, -0.2) is 13.6 Å². The van der Waals surface area contributed by atoms with Gasteiger partial charge in [0.2, 0.25) is 5.91 Å². The highest BCUT2D eigenvalue weighted by Gasteiger charge is 2.33. The highest BCUT2D eigenvalue weighted by molar-refractivity contribution is 6.02. The molecule has 3 rings (SSSR count). The average molecular weight is 359 g/mol. The normalized spacial score (nSPS) is 16.7. The van der Waals surface area contributed by atoms with Gasteiger partial charge in [0.1, 0.15) is 17.7 Å². The van der Waals surface area contributed by atoms with Crippen LogP contribution in [0.15, 0.2) is 36.4 Å². The van der Waals surface area contributed by atoms with E-state index in [0.717, 1.165) is 0 Å². The molecule has 1 aliphatic rings. The molecular formula is C19H19F2N3O2. The van der Waals surface area contributed by atoms with Crippen molar-refractivity contribution < 1.29 is 18.4 Å². The molecule has 1 saturated heterocycles. The van der Waals surface area contributed by atoms with Crippen molar-refractivity contribution in [3.8, 4) is 0 Å². The predicted molar refractivity (Wildman–Crippen MR) is 95.2 cm³/mol. The van der Waals surface area contributed by atoms with E-state index in [4.69, 9.17) is 0 Å². The van der Waals surface area contributed by atoms with E-state index < -0.39 is 17.9 Å². The minimum atomic E-state index is -0.686. The lowest BCUT2D eigenvalue weighted by Gasteiger charge is -2.18. The Balaban J connectivity index is 1.66. The minimum Gasteiger partial charge on any atom is -0.326 e. The molecule has 1 aliphatic heterocycles. The fourth-order valence-corrected chi connectivity index (χ4v) is 2.93. The van der Waals surface area contributed by atoms with Gasteiger partial charge >= 0.3 is 6.03 Å². The van der Waals surface area contributed by atoms with Gasteiger partial charge in [-0.15, -0.1) is 0 Å². The molecule has 5 nitrogen and oxygen atoms in total. The highest BCUT2D eigenvalue weighted by Crippen LogP contribution is 2.24. The van der Waals surface area contributed by atoms with Crippen LogP contribution in [-0.2, 0) is 4.79 Å². The second-order valence-corrected chi connectivity index (χ2v) is 6.28. The lowest BCUT2D eigenvalue weighted by Crippen LogP contribution is -2.43. The van der Waals surface area contributed by atoms with Crippen molar-refractivity contribution in [3.63, 3.8) is 0 Å². The maximum absolute atomic E-state index is 13.5. The van der Waals surface area contributed by atoms with Crippen molar-refractivity contribution in [1.29, 1.82) is 0 Å². The fourth-order valence-electron chi connectivity index (χ4n) is 2.93. The number of rotatable bonds is 3. The zero-order valence-corrected chi connectivity index (χ0v) is 14.5. The van der Waals surface area contributed by atoms with Crippen LogP contribution in [-0.4, -0.2) is 24.5 Å². The quantitative estimate of drug-likeness (QED) is 0.881. The first-order chi connectivity index (χ1) is 12.4. The molecule has 0 unspecified atom stereocenters. The Morgan fingerprint density at radius 2 is 1.92 bits per heavy atom. The number of hydrogen-bond donors (Lipinski definition) is 2. The Hall–Kier alpha value is -2.96. The Kier molecular flexibility index (Phi) is 4.88. The summed E-state index contributed by atoms with van der Waals surface area (Å²) in [6.07, 6.45) is 0.435. The Labute approximate surface area is 150 Å². The third-order valence-electron chi connectivity index (χ3n) is 4.48. The van der Waals surface area contributed by atoms with E-state index >= 15 is 0 Å². The summed E-state index contributed by atoms with van der Waals surface area (Å²) in [5, 5.41) is 5.17. The maximum atomic E-state index is 13.5. The summed E-state index contributed by atoms with van der Waals surface area (Å²) in [5.41, 5.74) is 1.72. The Morgan fingerprint density at radius 3 is 2.65 bits per heavy atom. The maximum Gasteiger partial charge on any atom is 0.319 e. The molecule has 1 fully saturated rings. The van der Waals surface area contributed by atoms with Gasteiger partial charge in [-0.05, 0) is 56.2 Å². The third kappa shape index (κ3) is 3.51. The van der Waals surface area contributed by atoms with E-state index in [0.29, 0.717) is 35.5 Å². The molecule has 136 valence electrons. The molecule has 0 aliphatic carbocycles. The van der Waals surface area contributed by atoms with Gasteiger partial charge in [-0.1, -0.05) is 6.07 Å². The number of amides is 3.